The lowest BCUT2D eigenvalue weighted by Gasteiger charge is -2.14. The third-order valence-electron chi connectivity index (χ3n) is 3.45. The maximum atomic E-state index is 11.9. The molecule has 2 rings (SSSR count). The number of urea groups is 1. The molecule has 0 aliphatic carbocycles. The number of aliphatic hydroxyl groups excluding tert-OH is 1. The third-order valence-corrected chi connectivity index (χ3v) is 3.75. The smallest absolute Gasteiger partial charge is 0.320 e. The summed E-state index contributed by atoms with van der Waals surface area (Å²) in [6, 6.07) is 4.78. The molecule has 2 aromatic heterocycles. The monoisotopic (exact) mass is 337 g/mol. The fourth-order valence-electron chi connectivity index (χ4n) is 2.09. The number of nitrogens with one attached hydrogen (secondary N) is 2. The predicted octanol–water partition coefficient (Wildman–Crippen LogP) is 2.45. The molecule has 0 aliphatic heterocycles. The highest BCUT2D eigenvalue weighted by Gasteiger charge is 2.10. The van der Waals surface area contributed by atoms with Crippen molar-refractivity contribution in [3.8, 4) is 5.82 Å². The van der Waals surface area contributed by atoms with Gasteiger partial charge in [-0.2, -0.15) is 0 Å². The van der Waals surface area contributed by atoms with Crippen LogP contribution in [0.4, 0.5) is 10.6 Å². The lowest BCUT2D eigenvalue weighted by Crippen LogP contribution is -2.33. The number of carbonyl (C=O) groups excluding carboxylic acids is 1. The summed E-state index contributed by atoms with van der Waals surface area (Å²) in [6.07, 6.45) is 4.86. The molecule has 2 amide bonds. The Hall–Kier alpha value is -2.12. The zero-order chi connectivity index (χ0) is 16.7. The first-order valence-electron chi connectivity index (χ1n) is 7.46. The number of nitrogens with zero attached hydrogens (tertiary/aromatic N) is 3. The van der Waals surface area contributed by atoms with Crippen LogP contribution in [0.25, 0.3) is 5.82 Å². The van der Waals surface area contributed by atoms with E-state index in [1.807, 2.05) is 6.92 Å². The molecule has 0 radical (unpaired) electrons. The van der Waals surface area contributed by atoms with Crippen LogP contribution in [0.2, 0.25) is 5.02 Å². The molecule has 1 atom stereocenters. The summed E-state index contributed by atoms with van der Waals surface area (Å²) in [5, 5.41) is 19.1. The molecular formula is C15H20ClN5O2. The molecular weight excluding hydrogens is 318 g/mol. The lowest BCUT2D eigenvalue weighted by molar-refractivity contribution is 0.238. The number of hydrogen-bond donors (Lipinski definition) is 3. The highest BCUT2D eigenvalue weighted by molar-refractivity contribution is 6.32. The van der Waals surface area contributed by atoms with Gasteiger partial charge in [0.1, 0.15) is 0 Å². The van der Waals surface area contributed by atoms with Gasteiger partial charge in [0.2, 0.25) is 0 Å². The highest BCUT2D eigenvalue weighted by atomic mass is 35.5. The number of rotatable bonds is 7. The minimum Gasteiger partial charge on any atom is -0.396 e. The van der Waals surface area contributed by atoms with Crippen molar-refractivity contribution in [2.45, 2.75) is 19.8 Å². The molecule has 7 nitrogen and oxygen atoms in total. The Kier molecular flexibility index (Phi) is 6.37. The van der Waals surface area contributed by atoms with E-state index in [1.165, 1.54) is 4.68 Å². The zero-order valence-electron chi connectivity index (χ0n) is 12.9. The Bertz CT molecular complexity index is 646. The zero-order valence-corrected chi connectivity index (χ0v) is 13.6. The van der Waals surface area contributed by atoms with Crippen molar-refractivity contribution in [3.05, 3.63) is 35.6 Å². The SMILES string of the molecule is CCC(CCO)CNC(=O)Nc1ccn(-c2ncccc2Cl)n1. The summed E-state index contributed by atoms with van der Waals surface area (Å²) in [6.45, 7) is 2.66. The van der Waals surface area contributed by atoms with Gasteiger partial charge in [0.15, 0.2) is 11.6 Å². The number of aliphatic hydroxyl groups is 1. The average molecular weight is 338 g/mol. The van der Waals surface area contributed by atoms with Crippen LogP contribution >= 0.6 is 11.6 Å². The maximum Gasteiger partial charge on any atom is 0.320 e. The Balaban J connectivity index is 1.91. The van der Waals surface area contributed by atoms with Crippen LogP contribution in [0.5, 0.6) is 0 Å². The van der Waals surface area contributed by atoms with Crippen molar-refractivity contribution < 1.29 is 9.90 Å². The van der Waals surface area contributed by atoms with Crippen molar-refractivity contribution in [3.63, 3.8) is 0 Å². The molecule has 0 saturated heterocycles. The van der Waals surface area contributed by atoms with E-state index in [9.17, 15) is 4.79 Å². The minimum atomic E-state index is -0.334. The molecule has 0 saturated carbocycles. The largest absolute Gasteiger partial charge is 0.396 e. The van der Waals surface area contributed by atoms with E-state index in [-0.39, 0.29) is 18.6 Å². The number of halogens is 1. The van der Waals surface area contributed by atoms with Crippen LogP contribution in [-0.2, 0) is 0 Å². The number of hydrogen-bond acceptors (Lipinski definition) is 4. The van der Waals surface area contributed by atoms with Gasteiger partial charge >= 0.3 is 6.03 Å². The second-order valence-corrected chi connectivity index (χ2v) is 5.48. The molecule has 0 aromatic carbocycles. The van der Waals surface area contributed by atoms with Crippen LogP contribution < -0.4 is 10.6 Å². The fourth-order valence-corrected chi connectivity index (χ4v) is 2.29. The molecule has 3 N–H and O–H groups in total. The van der Waals surface area contributed by atoms with Gasteiger partial charge in [0.25, 0.3) is 0 Å². The molecule has 124 valence electrons. The van der Waals surface area contributed by atoms with Gasteiger partial charge in [-0.1, -0.05) is 24.9 Å². The van der Waals surface area contributed by atoms with Gasteiger partial charge in [-0.15, -0.1) is 5.10 Å². The van der Waals surface area contributed by atoms with Gasteiger partial charge in [0, 0.05) is 31.6 Å². The maximum absolute atomic E-state index is 11.9. The van der Waals surface area contributed by atoms with Crippen LogP contribution in [0.3, 0.4) is 0 Å². The van der Waals surface area contributed by atoms with Gasteiger partial charge in [0.05, 0.1) is 5.02 Å². The first-order chi connectivity index (χ1) is 11.1. The summed E-state index contributed by atoms with van der Waals surface area (Å²) < 4.78 is 1.50. The molecule has 0 fully saturated rings. The van der Waals surface area contributed by atoms with Crippen LogP contribution in [0.15, 0.2) is 30.6 Å². The van der Waals surface area contributed by atoms with E-state index >= 15 is 0 Å². The summed E-state index contributed by atoms with van der Waals surface area (Å²) in [4.78, 5) is 16.0. The summed E-state index contributed by atoms with van der Waals surface area (Å²) in [5.41, 5.74) is 0. The molecule has 2 aromatic rings. The Morgan fingerprint density at radius 1 is 1.48 bits per heavy atom. The fraction of sp³-hybridized carbons (Fsp3) is 0.400. The molecule has 0 spiro atoms. The highest BCUT2D eigenvalue weighted by Crippen LogP contribution is 2.17. The summed E-state index contributed by atoms with van der Waals surface area (Å²) in [7, 11) is 0. The first kappa shape index (κ1) is 17.2. The van der Waals surface area contributed by atoms with E-state index in [0.717, 1.165) is 6.42 Å². The van der Waals surface area contributed by atoms with Crippen molar-refractivity contribution >= 4 is 23.4 Å². The normalized spacial score (nSPS) is 12.0. The predicted molar refractivity (Wildman–Crippen MR) is 88.9 cm³/mol. The Morgan fingerprint density at radius 2 is 2.30 bits per heavy atom. The van der Waals surface area contributed by atoms with Gasteiger partial charge < -0.3 is 10.4 Å². The van der Waals surface area contributed by atoms with Gasteiger partial charge in [-0.3, -0.25) is 5.32 Å². The van der Waals surface area contributed by atoms with Gasteiger partial charge in [-0.25, -0.2) is 14.5 Å². The number of aromatic nitrogens is 3. The van der Waals surface area contributed by atoms with E-state index in [2.05, 4.69) is 20.7 Å². The number of amides is 2. The van der Waals surface area contributed by atoms with E-state index in [1.54, 1.807) is 30.6 Å². The molecule has 23 heavy (non-hydrogen) atoms. The third kappa shape index (κ3) is 4.94. The van der Waals surface area contributed by atoms with Crippen LogP contribution in [0, 0.1) is 5.92 Å². The lowest BCUT2D eigenvalue weighted by atomic mass is 10.0. The quantitative estimate of drug-likeness (QED) is 0.723. The summed E-state index contributed by atoms with van der Waals surface area (Å²) in [5.74, 6) is 1.16. The van der Waals surface area contributed by atoms with Crippen molar-refractivity contribution in [1.29, 1.82) is 0 Å². The van der Waals surface area contributed by atoms with Crippen molar-refractivity contribution in [1.82, 2.24) is 20.1 Å². The molecule has 8 heteroatoms. The number of pyridine rings is 1. The second kappa shape index (κ2) is 8.50. The summed E-state index contributed by atoms with van der Waals surface area (Å²) >= 11 is 6.06. The van der Waals surface area contributed by atoms with Crippen LogP contribution in [-0.4, -0.2) is 39.1 Å². The van der Waals surface area contributed by atoms with Gasteiger partial charge in [-0.05, 0) is 24.5 Å². The number of anilines is 1. The van der Waals surface area contributed by atoms with E-state index in [4.69, 9.17) is 16.7 Å². The Labute approximate surface area is 139 Å². The molecule has 0 bridgehead atoms. The molecule has 1 unspecified atom stereocenters. The molecule has 0 aliphatic rings. The molecule has 2 heterocycles. The van der Waals surface area contributed by atoms with E-state index in [0.29, 0.717) is 29.6 Å². The van der Waals surface area contributed by atoms with Crippen molar-refractivity contribution in [2.75, 3.05) is 18.5 Å². The number of carbonyl (C=O) groups is 1. The average Bonchev–Trinajstić information content (AvgIpc) is 3.00. The second-order valence-electron chi connectivity index (χ2n) is 5.08. The Morgan fingerprint density at radius 3 is 3.00 bits per heavy atom. The van der Waals surface area contributed by atoms with Crippen LogP contribution in [0.1, 0.15) is 19.8 Å². The first-order valence-corrected chi connectivity index (χ1v) is 7.84. The minimum absolute atomic E-state index is 0.122. The van der Waals surface area contributed by atoms with E-state index < -0.39 is 0 Å². The standard InChI is InChI=1S/C15H20ClN5O2/c1-2-11(6-9-22)10-18-15(23)19-13-5-8-21(20-13)14-12(16)4-3-7-17-14/h3-5,7-8,11,22H,2,6,9-10H2,1H3,(H2,18,19,20,23). The van der Waals surface area contributed by atoms with Crippen molar-refractivity contribution in [2.24, 2.45) is 5.92 Å². The topological polar surface area (TPSA) is 92.1 Å².